The molecule has 0 bridgehead atoms. The first-order valence-corrected chi connectivity index (χ1v) is 13.1. The molecule has 0 aliphatic carbocycles. The molecule has 1 saturated heterocycles. The van der Waals surface area contributed by atoms with Crippen LogP contribution < -0.4 is 14.9 Å². The summed E-state index contributed by atoms with van der Waals surface area (Å²) >= 11 is 15.9. The van der Waals surface area contributed by atoms with E-state index in [9.17, 15) is 9.59 Å². The van der Waals surface area contributed by atoms with Gasteiger partial charge in [-0.3, -0.25) is 15.0 Å². The van der Waals surface area contributed by atoms with Crippen molar-refractivity contribution in [3.05, 3.63) is 97.8 Å². The van der Waals surface area contributed by atoms with E-state index in [0.717, 1.165) is 23.2 Å². The van der Waals surface area contributed by atoms with Crippen molar-refractivity contribution < 1.29 is 19.1 Å². The zero-order chi connectivity index (χ0) is 25.7. The second kappa shape index (κ2) is 11.9. The maximum Gasteiger partial charge on any atom is 0.285 e. The first-order chi connectivity index (χ1) is 17.4. The molecule has 0 saturated carbocycles. The van der Waals surface area contributed by atoms with Gasteiger partial charge in [0.25, 0.3) is 11.8 Å². The number of halogens is 2. The van der Waals surface area contributed by atoms with E-state index in [0.29, 0.717) is 43.6 Å². The van der Waals surface area contributed by atoms with Gasteiger partial charge in [0.15, 0.2) is 15.8 Å². The molecule has 1 aliphatic heterocycles. The van der Waals surface area contributed by atoms with E-state index in [-0.39, 0.29) is 4.32 Å². The number of hydrogen-bond donors (Lipinski definition) is 1. The van der Waals surface area contributed by atoms with Crippen LogP contribution in [-0.4, -0.2) is 34.9 Å². The van der Waals surface area contributed by atoms with E-state index in [4.69, 9.17) is 33.3 Å². The Bertz CT molecular complexity index is 1350. The predicted octanol–water partition coefficient (Wildman–Crippen LogP) is 6.28. The van der Waals surface area contributed by atoms with Crippen LogP contribution in [0.5, 0.6) is 11.5 Å². The van der Waals surface area contributed by atoms with Gasteiger partial charge in [0.1, 0.15) is 0 Å². The molecule has 10 heteroatoms. The van der Waals surface area contributed by atoms with Crippen molar-refractivity contribution in [1.82, 2.24) is 10.4 Å². The Morgan fingerprint density at radius 3 is 2.67 bits per heavy atom. The number of methoxy groups -OCH3 is 1. The highest BCUT2D eigenvalue weighted by molar-refractivity contribution is 9.10. The van der Waals surface area contributed by atoms with Gasteiger partial charge in [-0.1, -0.05) is 59.8 Å². The topological polar surface area (TPSA) is 67.9 Å². The molecule has 3 aromatic carbocycles. The SMILES string of the molecule is COc1cc(/C=C2\SC(=S)N(NC(=O)c3cccc(Cl)c3)C2=O)cc(Br)c1OCCc1ccccc1. The van der Waals surface area contributed by atoms with Crippen LogP contribution in [0.1, 0.15) is 21.5 Å². The normalized spacial score (nSPS) is 14.3. The maximum absolute atomic E-state index is 13.0. The molecule has 0 atom stereocenters. The third kappa shape index (κ3) is 6.28. The van der Waals surface area contributed by atoms with Gasteiger partial charge in [0.05, 0.1) is 23.1 Å². The van der Waals surface area contributed by atoms with E-state index < -0.39 is 11.8 Å². The molecule has 0 aromatic heterocycles. The Hall–Kier alpha value is -2.85. The van der Waals surface area contributed by atoms with Crippen LogP contribution in [0.2, 0.25) is 5.02 Å². The van der Waals surface area contributed by atoms with Gasteiger partial charge in [0, 0.05) is 17.0 Å². The minimum atomic E-state index is -0.489. The lowest BCUT2D eigenvalue weighted by atomic mass is 10.1. The summed E-state index contributed by atoms with van der Waals surface area (Å²) in [4.78, 5) is 25.9. The summed E-state index contributed by atoms with van der Waals surface area (Å²) in [5.74, 6) is 0.176. The number of ether oxygens (including phenoxy) is 2. The van der Waals surface area contributed by atoms with Gasteiger partial charge in [-0.15, -0.1) is 0 Å². The number of amides is 2. The van der Waals surface area contributed by atoms with Crippen molar-refractivity contribution in [3.63, 3.8) is 0 Å². The maximum atomic E-state index is 13.0. The fourth-order valence-electron chi connectivity index (χ4n) is 3.39. The van der Waals surface area contributed by atoms with Crippen LogP contribution in [0, 0.1) is 0 Å². The number of hydrogen-bond acceptors (Lipinski definition) is 6. The third-order valence-electron chi connectivity index (χ3n) is 5.12. The first-order valence-electron chi connectivity index (χ1n) is 10.7. The third-order valence-corrected chi connectivity index (χ3v) is 7.25. The molecule has 1 fully saturated rings. The van der Waals surface area contributed by atoms with Crippen LogP contribution in [0.15, 0.2) is 76.1 Å². The van der Waals surface area contributed by atoms with E-state index in [1.165, 1.54) is 11.6 Å². The monoisotopic (exact) mass is 602 g/mol. The summed E-state index contributed by atoms with van der Waals surface area (Å²) in [5, 5.41) is 1.47. The minimum Gasteiger partial charge on any atom is -0.493 e. The second-order valence-electron chi connectivity index (χ2n) is 7.59. The van der Waals surface area contributed by atoms with Gasteiger partial charge in [-0.05, 0) is 75.7 Å². The minimum absolute atomic E-state index is 0.216. The summed E-state index contributed by atoms with van der Waals surface area (Å²) in [6, 6.07) is 20.1. The first kappa shape index (κ1) is 26.2. The Kier molecular flexibility index (Phi) is 8.68. The molecule has 184 valence electrons. The highest BCUT2D eigenvalue weighted by Gasteiger charge is 2.34. The number of nitrogens with one attached hydrogen (secondary N) is 1. The van der Waals surface area contributed by atoms with Gasteiger partial charge in [-0.2, -0.15) is 5.01 Å². The van der Waals surface area contributed by atoms with Crippen LogP contribution in [0.4, 0.5) is 0 Å². The number of thioether (sulfide) groups is 1. The van der Waals surface area contributed by atoms with Crippen molar-refractivity contribution in [1.29, 1.82) is 0 Å². The van der Waals surface area contributed by atoms with Gasteiger partial charge in [0.2, 0.25) is 0 Å². The van der Waals surface area contributed by atoms with Crippen LogP contribution in [0.3, 0.4) is 0 Å². The molecule has 36 heavy (non-hydrogen) atoms. The lowest BCUT2D eigenvalue weighted by molar-refractivity contribution is -0.123. The molecule has 0 unspecified atom stereocenters. The molecule has 0 spiro atoms. The zero-order valence-corrected chi connectivity index (χ0v) is 23.0. The van der Waals surface area contributed by atoms with E-state index >= 15 is 0 Å². The Labute approximate surface area is 231 Å². The fraction of sp³-hybridized carbons (Fsp3) is 0.115. The van der Waals surface area contributed by atoms with Crippen molar-refractivity contribution in [3.8, 4) is 11.5 Å². The van der Waals surface area contributed by atoms with Crippen molar-refractivity contribution in [2.75, 3.05) is 13.7 Å². The van der Waals surface area contributed by atoms with Crippen molar-refractivity contribution in [2.45, 2.75) is 6.42 Å². The molecule has 1 heterocycles. The Morgan fingerprint density at radius 1 is 1.17 bits per heavy atom. The summed E-state index contributed by atoms with van der Waals surface area (Å²) < 4.78 is 12.4. The average Bonchev–Trinajstić information content (AvgIpc) is 3.12. The lowest BCUT2D eigenvalue weighted by Crippen LogP contribution is -2.44. The summed E-state index contributed by atoms with van der Waals surface area (Å²) in [6.45, 7) is 0.475. The number of rotatable bonds is 8. The van der Waals surface area contributed by atoms with Crippen LogP contribution in [0.25, 0.3) is 6.08 Å². The highest BCUT2D eigenvalue weighted by atomic mass is 79.9. The van der Waals surface area contributed by atoms with Gasteiger partial charge in [-0.25, -0.2) is 0 Å². The summed E-state index contributed by atoms with van der Waals surface area (Å²) in [5.41, 5.74) is 4.74. The largest absolute Gasteiger partial charge is 0.493 e. The highest BCUT2D eigenvalue weighted by Crippen LogP contribution is 2.39. The summed E-state index contributed by atoms with van der Waals surface area (Å²) in [6.07, 6.45) is 2.44. The molecule has 1 aliphatic rings. The quantitative estimate of drug-likeness (QED) is 0.242. The number of nitrogens with zero attached hydrogens (tertiary/aromatic N) is 1. The molecule has 2 amide bonds. The molecule has 3 aromatic rings. The van der Waals surface area contributed by atoms with Crippen molar-refractivity contribution >= 4 is 73.7 Å². The van der Waals surface area contributed by atoms with Crippen molar-refractivity contribution in [2.24, 2.45) is 0 Å². The van der Waals surface area contributed by atoms with E-state index in [1.807, 2.05) is 36.4 Å². The average molecular weight is 604 g/mol. The molecular formula is C26H20BrClN2O4S2. The molecule has 4 rings (SSSR count). The molecular weight excluding hydrogens is 584 g/mol. The Balaban J connectivity index is 1.47. The van der Waals surface area contributed by atoms with E-state index in [2.05, 4.69) is 21.4 Å². The number of carbonyl (C=O) groups is 2. The Morgan fingerprint density at radius 2 is 1.94 bits per heavy atom. The van der Waals surface area contributed by atoms with Crippen LogP contribution in [-0.2, 0) is 11.2 Å². The lowest BCUT2D eigenvalue weighted by Gasteiger charge is -2.15. The smallest absolute Gasteiger partial charge is 0.285 e. The number of benzene rings is 3. The molecule has 1 N–H and O–H groups in total. The number of thiocarbonyl (C=S) groups is 1. The van der Waals surface area contributed by atoms with Crippen LogP contribution >= 0.6 is 51.5 Å². The predicted molar refractivity (Wildman–Crippen MR) is 150 cm³/mol. The standard InChI is InChI=1S/C26H20BrClN2O4S2/c1-33-21-13-17(12-20(27)23(21)34-11-10-16-6-3-2-4-7-16)14-22-25(32)30(26(35)36-22)29-24(31)18-8-5-9-19(28)15-18/h2-9,12-15H,10-11H2,1H3,(H,29,31)/b22-14-. The fourth-order valence-corrected chi connectivity index (χ4v) is 5.33. The molecule has 0 radical (unpaired) electrons. The number of hydrazine groups is 1. The summed E-state index contributed by atoms with van der Waals surface area (Å²) in [7, 11) is 1.56. The number of carbonyl (C=O) groups excluding carboxylic acids is 2. The second-order valence-corrected chi connectivity index (χ2v) is 10.6. The van der Waals surface area contributed by atoms with Gasteiger partial charge < -0.3 is 9.47 Å². The zero-order valence-electron chi connectivity index (χ0n) is 19.0. The van der Waals surface area contributed by atoms with Gasteiger partial charge >= 0.3 is 0 Å². The van der Waals surface area contributed by atoms with E-state index in [1.54, 1.807) is 37.5 Å². The molecule has 6 nitrogen and oxygen atoms in total.